The van der Waals surface area contributed by atoms with Crippen molar-refractivity contribution in [2.45, 2.75) is 96.8 Å². The summed E-state index contributed by atoms with van der Waals surface area (Å²) in [6.07, 6.45) is 21.5. The molecule has 0 aromatic rings. The molecule has 27 heavy (non-hydrogen) atoms. The lowest BCUT2D eigenvalue weighted by molar-refractivity contribution is -0.150. The van der Waals surface area contributed by atoms with Crippen LogP contribution in [-0.4, -0.2) is 23.7 Å². The summed E-state index contributed by atoms with van der Waals surface area (Å²) in [6, 6.07) is 0. The molecule has 0 rings (SSSR count). The van der Waals surface area contributed by atoms with Gasteiger partial charge in [-0.3, -0.25) is 9.59 Å². The van der Waals surface area contributed by atoms with Gasteiger partial charge in [-0.2, -0.15) is 0 Å². The van der Waals surface area contributed by atoms with Crippen LogP contribution in [0, 0.1) is 5.92 Å². The molecule has 0 aliphatic carbocycles. The Hall–Kier alpha value is -1.58. The molecule has 0 aromatic heterocycles. The van der Waals surface area contributed by atoms with Gasteiger partial charge in [0.15, 0.2) is 0 Å². The van der Waals surface area contributed by atoms with E-state index in [4.69, 9.17) is 9.84 Å². The predicted octanol–water partition coefficient (Wildman–Crippen LogP) is 6.45. The molecule has 0 saturated heterocycles. The number of carbonyl (C=O) groups is 2. The number of carboxylic acids is 1. The highest BCUT2D eigenvalue weighted by molar-refractivity contribution is 5.80. The second-order valence-electron chi connectivity index (χ2n) is 7.23. The number of unbranched alkanes of at least 4 members (excludes halogenated alkanes) is 12. The van der Waals surface area contributed by atoms with Crippen molar-refractivity contribution < 1.29 is 19.4 Å². The molecule has 0 saturated carbocycles. The minimum atomic E-state index is -0.995. The SMILES string of the molecule is C=CCOC(=O)C(/C=C/CCCCCCCCCCCCCC)CC(=O)O. The molecule has 0 heterocycles. The van der Waals surface area contributed by atoms with Gasteiger partial charge in [0, 0.05) is 0 Å². The van der Waals surface area contributed by atoms with E-state index in [2.05, 4.69) is 13.5 Å². The molecule has 0 spiro atoms. The number of carbonyl (C=O) groups excluding carboxylic acids is 1. The molecule has 0 aliphatic rings. The van der Waals surface area contributed by atoms with Gasteiger partial charge in [0.1, 0.15) is 6.61 Å². The minimum absolute atomic E-state index is 0.113. The fourth-order valence-electron chi connectivity index (χ4n) is 3.03. The first-order valence-corrected chi connectivity index (χ1v) is 10.8. The van der Waals surface area contributed by atoms with Crippen molar-refractivity contribution in [3.8, 4) is 0 Å². The number of carboxylic acid groups (broad SMARTS) is 1. The van der Waals surface area contributed by atoms with Crippen LogP contribution in [-0.2, 0) is 14.3 Å². The molecule has 0 radical (unpaired) electrons. The van der Waals surface area contributed by atoms with Crippen molar-refractivity contribution in [1.82, 2.24) is 0 Å². The highest BCUT2D eigenvalue weighted by Gasteiger charge is 2.19. The number of rotatable bonds is 19. The van der Waals surface area contributed by atoms with E-state index in [0.29, 0.717) is 0 Å². The molecule has 156 valence electrons. The summed E-state index contributed by atoms with van der Waals surface area (Å²) in [7, 11) is 0. The molecule has 0 aromatic carbocycles. The lowest BCUT2D eigenvalue weighted by Crippen LogP contribution is -2.19. The lowest BCUT2D eigenvalue weighted by atomic mass is 10.0. The highest BCUT2D eigenvalue weighted by Crippen LogP contribution is 2.14. The zero-order valence-electron chi connectivity index (χ0n) is 17.3. The average Bonchev–Trinajstić information content (AvgIpc) is 2.65. The maximum absolute atomic E-state index is 11.8. The number of ether oxygens (including phenoxy) is 1. The third-order valence-corrected chi connectivity index (χ3v) is 4.63. The zero-order chi connectivity index (χ0) is 20.2. The fourth-order valence-corrected chi connectivity index (χ4v) is 3.03. The Balaban J connectivity index is 3.68. The van der Waals surface area contributed by atoms with Gasteiger partial charge in [-0.25, -0.2) is 0 Å². The van der Waals surface area contributed by atoms with Gasteiger partial charge in [0.25, 0.3) is 0 Å². The molecule has 4 nitrogen and oxygen atoms in total. The van der Waals surface area contributed by atoms with Crippen LogP contribution in [0.5, 0.6) is 0 Å². The Kier molecular flexibility index (Phi) is 18.1. The molecular weight excluding hydrogens is 340 g/mol. The first-order valence-electron chi connectivity index (χ1n) is 10.8. The minimum Gasteiger partial charge on any atom is -0.481 e. The second-order valence-corrected chi connectivity index (χ2v) is 7.23. The van der Waals surface area contributed by atoms with Crippen molar-refractivity contribution in [3.63, 3.8) is 0 Å². The van der Waals surface area contributed by atoms with Crippen LogP contribution >= 0.6 is 0 Å². The third-order valence-electron chi connectivity index (χ3n) is 4.63. The van der Waals surface area contributed by atoms with Crippen LogP contribution in [0.4, 0.5) is 0 Å². The van der Waals surface area contributed by atoms with E-state index in [-0.39, 0.29) is 13.0 Å². The van der Waals surface area contributed by atoms with E-state index in [1.807, 2.05) is 6.08 Å². The van der Waals surface area contributed by atoms with Crippen molar-refractivity contribution in [2.75, 3.05) is 6.61 Å². The second kappa shape index (κ2) is 19.2. The number of hydrogen-bond acceptors (Lipinski definition) is 3. The van der Waals surface area contributed by atoms with Gasteiger partial charge in [0.2, 0.25) is 0 Å². The first kappa shape index (κ1) is 25.4. The molecule has 1 N–H and O–H groups in total. The van der Waals surface area contributed by atoms with Crippen LogP contribution in [0.2, 0.25) is 0 Å². The Bertz CT molecular complexity index is 415. The lowest BCUT2D eigenvalue weighted by Gasteiger charge is -2.09. The molecule has 1 unspecified atom stereocenters. The Morgan fingerprint density at radius 3 is 1.93 bits per heavy atom. The summed E-state index contributed by atoms with van der Waals surface area (Å²) in [4.78, 5) is 22.7. The topological polar surface area (TPSA) is 63.6 Å². The largest absolute Gasteiger partial charge is 0.481 e. The zero-order valence-corrected chi connectivity index (χ0v) is 17.3. The normalized spacial score (nSPS) is 12.2. The summed E-state index contributed by atoms with van der Waals surface area (Å²) in [6.45, 7) is 5.85. The first-order chi connectivity index (χ1) is 13.1. The maximum atomic E-state index is 11.8. The van der Waals surface area contributed by atoms with Gasteiger partial charge in [0.05, 0.1) is 12.3 Å². The Labute approximate surface area is 166 Å². The molecule has 0 aliphatic heterocycles. The van der Waals surface area contributed by atoms with Gasteiger partial charge in [-0.05, 0) is 12.8 Å². The summed E-state index contributed by atoms with van der Waals surface area (Å²) >= 11 is 0. The van der Waals surface area contributed by atoms with Crippen LogP contribution in [0.25, 0.3) is 0 Å². The molecular formula is C23H40O4. The maximum Gasteiger partial charge on any atom is 0.313 e. The van der Waals surface area contributed by atoms with E-state index >= 15 is 0 Å². The van der Waals surface area contributed by atoms with E-state index in [1.165, 1.54) is 76.7 Å². The highest BCUT2D eigenvalue weighted by atomic mass is 16.5. The summed E-state index contributed by atoms with van der Waals surface area (Å²) in [5, 5.41) is 8.91. The molecule has 0 amide bonds. The summed E-state index contributed by atoms with van der Waals surface area (Å²) in [5.41, 5.74) is 0. The van der Waals surface area contributed by atoms with E-state index in [1.54, 1.807) is 6.08 Å². The standard InChI is InChI=1S/C23H40O4/c1-3-5-6-7-8-9-10-11-12-13-14-15-16-17-18-21(20-22(24)25)23(26)27-19-4-2/h4,17-18,21H,2-3,5-16,19-20H2,1H3,(H,24,25)/b18-17+. The van der Waals surface area contributed by atoms with Crippen LogP contribution in [0.3, 0.4) is 0 Å². The van der Waals surface area contributed by atoms with Gasteiger partial charge in [-0.15, -0.1) is 0 Å². The van der Waals surface area contributed by atoms with E-state index in [9.17, 15) is 9.59 Å². The summed E-state index contributed by atoms with van der Waals surface area (Å²) < 4.78 is 4.95. The fraction of sp³-hybridized carbons (Fsp3) is 0.739. The van der Waals surface area contributed by atoms with Gasteiger partial charge in [-0.1, -0.05) is 102 Å². The van der Waals surface area contributed by atoms with Gasteiger partial charge >= 0.3 is 11.9 Å². The van der Waals surface area contributed by atoms with Crippen LogP contribution in [0.15, 0.2) is 24.8 Å². The molecule has 0 fully saturated rings. The van der Waals surface area contributed by atoms with Crippen LogP contribution < -0.4 is 0 Å². The van der Waals surface area contributed by atoms with Crippen molar-refractivity contribution in [1.29, 1.82) is 0 Å². The number of aliphatic carboxylic acids is 1. The molecule has 0 bridgehead atoms. The number of allylic oxidation sites excluding steroid dienone is 1. The Morgan fingerprint density at radius 2 is 1.44 bits per heavy atom. The quantitative estimate of drug-likeness (QED) is 0.159. The average molecular weight is 381 g/mol. The number of esters is 1. The summed E-state index contributed by atoms with van der Waals surface area (Å²) in [5.74, 6) is -2.20. The van der Waals surface area contributed by atoms with Crippen LogP contribution in [0.1, 0.15) is 96.8 Å². The Morgan fingerprint density at radius 1 is 0.926 bits per heavy atom. The molecule has 4 heteroatoms. The van der Waals surface area contributed by atoms with Crippen molar-refractivity contribution >= 4 is 11.9 Å². The van der Waals surface area contributed by atoms with Crippen molar-refractivity contribution in [3.05, 3.63) is 24.8 Å². The van der Waals surface area contributed by atoms with Gasteiger partial charge < -0.3 is 9.84 Å². The number of hydrogen-bond donors (Lipinski definition) is 1. The smallest absolute Gasteiger partial charge is 0.313 e. The third kappa shape index (κ3) is 17.6. The van der Waals surface area contributed by atoms with E-state index in [0.717, 1.165) is 12.8 Å². The van der Waals surface area contributed by atoms with Crippen molar-refractivity contribution in [2.24, 2.45) is 5.92 Å². The van der Waals surface area contributed by atoms with E-state index < -0.39 is 17.9 Å². The molecule has 1 atom stereocenters. The predicted molar refractivity (Wildman–Crippen MR) is 112 cm³/mol. The monoisotopic (exact) mass is 380 g/mol.